The van der Waals surface area contributed by atoms with E-state index < -0.39 is 5.97 Å². The summed E-state index contributed by atoms with van der Waals surface area (Å²) in [6.07, 6.45) is 1.32. The smallest absolute Gasteiger partial charge is 0.311 e. The number of fused-ring (bicyclic) bond motifs is 1. The number of pyridine rings is 1. The second kappa shape index (κ2) is 2.99. The Bertz CT molecular complexity index is 540. The lowest BCUT2D eigenvalue weighted by Gasteiger charge is -1.94. The number of carboxylic acid groups (broad SMARTS) is 1. The maximum atomic E-state index is 10.9. The molecule has 0 radical (unpaired) electrons. The van der Waals surface area contributed by atoms with Crippen LogP contribution in [0.3, 0.4) is 0 Å². The van der Waals surface area contributed by atoms with Crippen molar-refractivity contribution in [3.8, 4) is 0 Å². The number of aromatic amines is 1. The Balaban J connectivity index is 2.58. The molecule has 0 aromatic carbocycles. The molecule has 0 amide bonds. The van der Waals surface area contributed by atoms with Crippen LogP contribution in [-0.2, 0) is 11.2 Å². The molecule has 0 unspecified atom stereocenters. The van der Waals surface area contributed by atoms with Gasteiger partial charge in [-0.3, -0.25) is 19.1 Å². The second-order valence-corrected chi connectivity index (χ2v) is 2.83. The fourth-order valence-corrected chi connectivity index (χ4v) is 1.23. The molecule has 0 atom stereocenters. The maximum absolute atomic E-state index is 10.9. The van der Waals surface area contributed by atoms with Crippen LogP contribution < -0.4 is 5.43 Å². The molecule has 72 valence electrons. The summed E-state index contributed by atoms with van der Waals surface area (Å²) in [5.41, 5.74) is 0.351. The minimum atomic E-state index is -0.961. The molecule has 0 saturated carbocycles. The van der Waals surface area contributed by atoms with Crippen LogP contribution in [0.15, 0.2) is 23.1 Å². The van der Waals surface area contributed by atoms with Crippen molar-refractivity contribution in [2.24, 2.45) is 0 Å². The van der Waals surface area contributed by atoms with Crippen LogP contribution in [0, 0.1) is 0 Å². The van der Waals surface area contributed by atoms with Crippen LogP contribution in [0.1, 0.15) is 5.82 Å². The molecule has 2 aromatic heterocycles. The number of nitrogens with zero attached hydrogens (tertiary/aromatic N) is 2. The molecule has 6 heteroatoms. The van der Waals surface area contributed by atoms with Gasteiger partial charge >= 0.3 is 5.97 Å². The minimum Gasteiger partial charge on any atom is -0.481 e. The van der Waals surface area contributed by atoms with E-state index in [-0.39, 0.29) is 11.8 Å². The van der Waals surface area contributed by atoms with Crippen molar-refractivity contribution in [2.75, 3.05) is 0 Å². The van der Waals surface area contributed by atoms with Crippen molar-refractivity contribution in [3.63, 3.8) is 0 Å². The van der Waals surface area contributed by atoms with Gasteiger partial charge < -0.3 is 5.11 Å². The fourth-order valence-electron chi connectivity index (χ4n) is 1.23. The molecule has 0 aliphatic rings. The Labute approximate surface area is 77.8 Å². The SMILES string of the molecule is O=C(O)Cc1n[nH]c2cc(=O)ccn12. The molecule has 0 bridgehead atoms. The van der Waals surface area contributed by atoms with Gasteiger partial charge in [-0.1, -0.05) is 0 Å². The lowest BCUT2D eigenvalue weighted by Crippen LogP contribution is -2.06. The zero-order chi connectivity index (χ0) is 10.1. The van der Waals surface area contributed by atoms with E-state index in [1.807, 2.05) is 0 Å². The molecule has 0 aliphatic carbocycles. The van der Waals surface area contributed by atoms with Crippen LogP contribution >= 0.6 is 0 Å². The highest BCUT2D eigenvalue weighted by Gasteiger charge is 2.07. The van der Waals surface area contributed by atoms with Crippen molar-refractivity contribution < 1.29 is 9.90 Å². The molecule has 14 heavy (non-hydrogen) atoms. The number of rotatable bonds is 2. The monoisotopic (exact) mass is 193 g/mol. The Morgan fingerprint density at radius 2 is 2.43 bits per heavy atom. The molecule has 6 nitrogen and oxygen atoms in total. The highest BCUT2D eigenvalue weighted by atomic mass is 16.4. The summed E-state index contributed by atoms with van der Waals surface area (Å²) in [4.78, 5) is 21.4. The van der Waals surface area contributed by atoms with Gasteiger partial charge in [0.05, 0.1) is 0 Å². The Morgan fingerprint density at radius 3 is 3.14 bits per heavy atom. The van der Waals surface area contributed by atoms with Gasteiger partial charge in [-0.05, 0) is 0 Å². The molecule has 0 saturated heterocycles. The minimum absolute atomic E-state index is 0.143. The highest BCUT2D eigenvalue weighted by molar-refractivity contribution is 5.69. The summed E-state index contributed by atoms with van der Waals surface area (Å²) in [6.45, 7) is 0. The number of H-pyrrole nitrogens is 1. The quantitative estimate of drug-likeness (QED) is 0.682. The van der Waals surface area contributed by atoms with Gasteiger partial charge in [-0.25, -0.2) is 0 Å². The summed E-state index contributed by atoms with van der Waals surface area (Å²) in [5.74, 6) is -0.593. The van der Waals surface area contributed by atoms with E-state index in [1.165, 1.54) is 22.7 Å². The number of carbonyl (C=O) groups is 1. The summed E-state index contributed by atoms with van der Waals surface area (Å²) in [5, 5.41) is 14.9. The molecule has 2 rings (SSSR count). The number of carboxylic acids is 1. The van der Waals surface area contributed by atoms with E-state index in [9.17, 15) is 9.59 Å². The molecule has 0 fully saturated rings. The molecular formula is C8H7N3O3. The van der Waals surface area contributed by atoms with Crippen molar-refractivity contribution >= 4 is 11.6 Å². The first kappa shape index (κ1) is 8.49. The van der Waals surface area contributed by atoms with E-state index in [1.54, 1.807) is 0 Å². The average Bonchev–Trinajstić information content (AvgIpc) is 2.47. The van der Waals surface area contributed by atoms with Gasteiger partial charge in [0.1, 0.15) is 17.9 Å². The van der Waals surface area contributed by atoms with Crippen LogP contribution in [0.2, 0.25) is 0 Å². The zero-order valence-electron chi connectivity index (χ0n) is 7.10. The average molecular weight is 193 g/mol. The molecular weight excluding hydrogens is 186 g/mol. The fraction of sp³-hybridized carbons (Fsp3) is 0.125. The number of hydrogen-bond acceptors (Lipinski definition) is 3. The first-order valence-corrected chi connectivity index (χ1v) is 3.94. The van der Waals surface area contributed by atoms with Gasteiger partial charge in [-0.15, -0.1) is 0 Å². The van der Waals surface area contributed by atoms with Gasteiger partial charge in [0.2, 0.25) is 0 Å². The van der Waals surface area contributed by atoms with Crippen molar-refractivity contribution in [1.29, 1.82) is 0 Å². The number of hydrogen-bond donors (Lipinski definition) is 2. The lowest BCUT2D eigenvalue weighted by atomic mass is 10.4. The largest absolute Gasteiger partial charge is 0.481 e. The zero-order valence-corrected chi connectivity index (χ0v) is 7.10. The molecule has 2 heterocycles. The van der Waals surface area contributed by atoms with Crippen molar-refractivity contribution in [3.05, 3.63) is 34.4 Å². The topological polar surface area (TPSA) is 87.5 Å². The van der Waals surface area contributed by atoms with Crippen molar-refractivity contribution in [1.82, 2.24) is 14.6 Å². The van der Waals surface area contributed by atoms with E-state index in [0.29, 0.717) is 11.5 Å². The standard InChI is InChI=1S/C8H7N3O3/c12-5-1-2-11-6(3-5)9-10-7(11)4-8(13)14/h1-3,9H,4H2,(H,13,14). The summed E-state index contributed by atoms with van der Waals surface area (Å²) >= 11 is 0. The van der Waals surface area contributed by atoms with Gasteiger partial charge in [0.15, 0.2) is 5.43 Å². The number of aliphatic carboxylic acids is 1. The summed E-state index contributed by atoms with van der Waals surface area (Å²) in [7, 11) is 0. The number of aromatic nitrogens is 3. The second-order valence-electron chi connectivity index (χ2n) is 2.83. The Morgan fingerprint density at radius 1 is 1.64 bits per heavy atom. The first-order chi connectivity index (χ1) is 6.66. The maximum Gasteiger partial charge on any atom is 0.311 e. The Kier molecular flexibility index (Phi) is 1.81. The van der Waals surface area contributed by atoms with Crippen LogP contribution in [0.25, 0.3) is 5.65 Å². The van der Waals surface area contributed by atoms with Gasteiger partial charge in [0, 0.05) is 18.3 Å². The van der Waals surface area contributed by atoms with E-state index in [4.69, 9.17) is 5.11 Å². The molecule has 0 aliphatic heterocycles. The Hall–Kier alpha value is -2.11. The first-order valence-electron chi connectivity index (χ1n) is 3.94. The van der Waals surface area contributed by atoms with Crippen LogP contribution in [-0.4, -0.2) is 25.7 Å². The molecule has 2 aromatic rings. The van der Waals surface area contributed by atoms with E-state index >= 15 is 0 Å². The third-order valence-electron chi connectivity index (χ3n) is 1.81. The van der Waals surface area contributed by atoms with E-state index in [0.717, 1.165) is 0 Å². The normalized spacial score (nSPS) is 10.6. The highest BCUT2D eigenvalue weighted by Crippen LogP contribution is 2.00. The summed E-state index contributed by atoms with van der Waals surface area (Å²) < 4.78 is 1.54. The van der Waals surface area contributed by atoms with E-state index in [2.05, 4.69) is 10.2 Å². The predicted octanol–water partition coefficient (Wildman–Crippen LogP) is -0.350. The van der Waals surface area contributed by atoms with Crippen LogP contribution in [0.4, 0.5) is 0 Å². The van der Waals surface area contributed by atoms with Crippen LogP contribution in [0.5, 0.6) is 0 Å². The number of nitrogens with one attached hydrogen (secondary N) is 1. The van der Waals surface area contributed by atoms with Gasteiger partial charge in [-0.2, -0.15) is 5.10 Å². The molecule has 2 N–H and O–H groups in total. The summed E-state index contributed by atoms with van der Waals surface area (Å²) in [6, 6.07) is 2.71. The molecule has 0 spiro atoms. The lowest BCUT2D eigenvalue weighted by molar-refractivity contribution is -0.136. The predicted molar refractivity (Wildman–Crippen MR) is 47.2 cm³/mol. The van der Waals surface area contributed by atoms with Crippen molar-refractivity contribution in [2.45, 2.75) is 6.42 Å². The third kappa shape index (κ3) is 1.37. The van der Waals surface area contributed by atoms with Gasteiger partial charge in [0.25, 0.3) is 0 Å². The third-order valence-corrected chi connectivity index (χ3v) is 1.81.